The third-order valence-electron chi connectivity index (χ3n) is 3.72. The molecular formula is C15H15NO5. The minimum absolute atomic E-state index is 0.0308. The molecule has 0 amide bonds. The van der Waals surface area contributed by atoms with E-state index in [1.807, 2.05) is 0 Å². The van der Waals surface area contributed by atoms with Gasteiger partial charge in [-0.2, -0.15) is 0 Å². The number of methoxy groups -OCH3 is 1. The molecule has 1 aliphatic carbocycles. The number of carbonyl (C=O) groups is 2. The number of nitrogens with two attached hydrogens (primary N) is 1. The average Bonchev–Trinajstić information content (AvgIpc) is 2.99. The van der Waals surface area contributed by atoms with Crippen LogP contribution in [0.2, 0.25) is 0 Å². The first-order chi connectivity index (χ1) is 10.1. The molecule has 0 saturated heterocycles. The normalized spacial score (nSPS) is 22.0. The fourth-order valence-electron chi connectivity index (χ4n) is 2.81. The van der Waals surface area contributed by atoms with E-state index >= 15 is 0 Å². The number of ketones is 1. The Kier molecular flexibility index (Phi) is 3.29. The van der Waals surface area contributed by atoms with Gasteiger partial charge in [0.2, 0.25) is 5.88 Å². The lowest BCUT2D eigenvalue weighted by molar-refractivity contribution is -0.136. The summed E-state index contributed by atoms with van der Waals surface area (Å²) in [4.78, 5) is 24.4. The summed E-state index contributed by atoms with van der Waals surface area (Å²) in [7, 11) is 1.26. The van der Waals surface area contributed by atoms with Crippen molar-refractivity contribution in [1.82, 2.24) is 0 Å². The minimum atomic E-state index is -0.663. The van der Waals surface area contributed by atoms with Crippen molar-refractivity contribution < 1.29 is 23.5 Å². The smallest absolute Gasteiger partial charge is 0.340 e. The van der Waals surface area contributed by atoms with Crippen LogP contribution in [0, 0.1) is 0 Å². The van der Waals surface area contributed by atoms with Gasteiger partial charge in [-0.3, -0.25) is 4.79 Å². The summed E-state index contributed by atoms with van der Waals surface area (Å²) < 4.78 is 15.7. The zero-order valence-corrected chi connectivity index (χ0v) is 11.5. The highest BCUT2D eigenvalue weighted by atomic mass is 16.5. The van der Waals surface area contributed by atoms with Crippen molar-refractivity contribution in [2.24, 2.45) is 5.73 Å². The maximum absolute atomic E-state index is 12.3. The Morgan fingerprint density at radius 2 is 2.24 bits per heavy atom. The molecule has 110 valence electrons. The molecule has 2 N–H and O–H groups in total. The molecule has 6 nitrogen and oxygen atoms in total. The Balaban J connectivity index is 2.17. The van der Waals surface area contributed by atoms with Crippen LogP contribution in [0.1, 0.15) is 30.9 Å². The Morgan fingerprint density at radius 3 is 2.90 bits per heavy atom. The van der Waals surface area contributed by atoms with E-state index in [1.54, 1.807) is 12.1 Å². The van der Waals surface area contributed by atoms with Gasteiger partial charge in [0.15, 0.2) is 5.78 Å². The molecule has 2 heterocycles. The van der Waals surface area contributed by atoms with Crippen LogP contribution in [-0.4, -0.2) is 18.9 Å². The van der Waals surface area contributed by atoms with Crippen LogP contribution in [0.25, 0.3) is 0 Å². The van der Waals surface area contributed by atoms with Gasteiger partial charge >= 0.3 is 5.97 Å². The van der Waals surface area contributed by atoms with Gasteiger partial charge in [0.25, 0.3) is 0 Å². The highest BCUT2D eigenvalue weighted by Crippen LogP contribution is 2.43. The third kappa shape index (κ3) is 2.12. The molecule has 0 spiro atoms. The number of ether oxygens (including phenoxy) is 2. The Bertz CT molecular complexity index is 654. The van der Waals surface area contributed by atoms with Gasteiger partial charge in [0.1, 0.15) is 17.1 Å². The van der Waals surface area contributed by atoms with Crippen molar-refractivity contribution in [3.8, 4) is 0 Å². The second-order valence-electron chi connectivity index (χ2n) is 4.93. The van der Waals surface area contributed by atoms with Gasteiger partial charge in [0, 0.05) is 18.4 Å². The Labute approximate surface area is 121 Å². The zero-order valence-electron chi connectivity index (χ0n) is 11.5. The molecule has 0 radical (unpaired) electrons. The van der Waals surface area contributed by atoms with Crippen molar-refractivity contribution in [2.45, 2.75) is 25.2 Å². The molecule has 0 bridgehead atoms. The lowest BCUT2D eigenvalue weighted by atomic mass is 9.79. The lowest BCUT2D eigenvalue weighted by Crippen LogP contribution is -2.31. The molecule has 1 aliphatic heterocycles. The van der Waals surface area contributed by atoms with E-state index in [0.717, 1.165) is 0 Å². The van der Waals surface area contributed by atoms with Crippen molar-refractivity contribution in [3.05, 3.63) is 46.9 Å². The zero-order chi connectivity index (χ0) is 15.0. The largest absolute Gasteiger partial charge is 0.468 e. The van der Waals surface area contributed by atoms with Crippen LogP contribution in [0.15, 0.2) is 45.6 Å². The summed E-state index contributed by atoms with van der Waals surface area (Å²) in [5.74, 6) is -0.367. The van der Waals surface area contributed by atoms with E-state index < -0.39 is 11.9 Å². The minimum Gasteiger partial charge on any atom is -0.468 e. The quantitative estimate of drug-likeness (QED) is 0.834. The molecular weight excluding hydrogens is 274 g/mol. The van der Waals surface area contributed by atoms with Crippen molar-refractivity contribution >= 4 is 11.8 Å². The van der Waals surface area contributed by atoms with Gasteiger partial charge in [0.05, 0.1) is 19.3 Å². The van der Waals surface area contributed by atoms with Crippen LogP contribution in [0.5, 0.6) is 0 Å². The highest BCUT2D eigenvalue weighted by Gasteiger charge is 2.42. The maximum atomic E-state index is 12.3. The van der Waals surface area contributed by atoms with Gasteiger partial charge in [-0.25, -0.2) is 4.79 Å². The van der Waals surface area contributed by atoms with Crippen LogP contribution >= 0.6 is 0 Å². The van der Waals surface area contributed by atoms with Gasteiger partial charge in [-0.05, 0) is 18.6 Å². The summed E-state index contributed by atoms with van der Waals surface area (Å²) in [5, 5.41) is 0. The van der Waals surface area contributed by atoms with Crippen molar-refractivity contribution in [2.75, 3.05) is 7.11 Å². The van der Waals surface area contributed by atoms with E-state index in [1.165, 1.54) is 13.4 Å². The number of furan rings is 1. The monoisotopic (exact) mass is 289 g/mol. The number of hydrogen-bond donors (Lipinski definition) is 1. The number of esters is 1. The second-order valence-corrected chi connectivity index (χ2v) is 4.93. The average molecular weight is 289 g/mol. The molecule has 0 saturated carbocycles. The maximum Gasteiger partial charge on any atom is 0.340 e. The van der Waals surface area contributed by atoms with E-state index in [9.17, 15) is 9.59 Å². The van der Waals surface area contributed by atoms with E-state index in [-0.39, 0.29) is 17.2 Å². The SMILES string of the molecule is COC(=O)C1=C(N)OC2=C(C(=O)CCC2)[C@H]1c1ccco1. The molecule has 1 aromatic rings. The molecule has 21 heavy (non-hydrogen) atoms. The fourth-order valence-corrected chi connectivity index (χ4v) is 2.81. The Morgan fingerprint density at radius 1 is 1.43 bits per heavy atom. The molecule has 3 rings (SSSR count). The molecule has 1 atom stereocenters. The number of hydrogen-bond acceptors (Lipinski definition) is 6. The molecule has 1 aromatic heterocycles. The summed E-state index contributed by atoms with van der Waals surface area (Å²) >= 11 is 0. The summed E-state index contributed by atoms with van der Waals surface area (Å²) in [6.45, 7) is 0. The number of carbonyl (C=O) groups excluding carboxylic acids is 2. The van der Waals surface area contributed by atoms with Crippen molar-refractivity contribution in [1.29, 1.82) is 0 Å². The fraction of sp³-hybridized carbons (Fsp3) is 0.333. The first-order valence-corrected chi connectivity index (χ1v) is 6.69. The number of Topliss-reactive ketones (excluding diaryl/α,β-unsaturated/α-hetero) is 1. The molecule has 6 heteroatoms. The molecule has 0 fully saturated rings. The van der Waals surface area contributed by atoms with Crippen molar-refractivity contribution in [3.63, 3.8) is 0 Å². The van der Waals surface area contributed by atoms with E-state index in [0.29, 0.717) is 36.4 Å². The van der Waals surface area contributed by atoms with Gasteiger partial charge in [-0.15, -0.1) is 0 Å². The molecule has 0 unspecified atom stereocenters. The lowest BCUT2D eigenvalue weighted by Gasteiger charge is -2.30. The summed E-state index contributed by atoms with van der Waals surface area (Å²) in [6, 6.07) is 3.40. The van der Waals surface area contributed by atoms with E-state index in [2.05, 4.69) is 0 Å². The van der Waals surface area contributed by atoms with Crippen LogP contribution in [-0.2, 0) is 19.1 Å². The summed E-state index contributed by atoms with van der Waals surface area (Å²) in [5.41, 5.74) is 6.44. The highest BCUT2D eigenvalue weighted by molar-refractivity contribution is 6.03. The van der Waals surface area contributed by atoms with Gasteiger partial charge in [-0.1, -0.05) is 0 Å². The second kappa shape index (κ2) is 5.12. The topological polar surface area (TPSA) is 91.8 Å². The molecule has 2 aliphatic rings. The summed E-state index contributed by atoms with van der Waals surface area (Å²) in [6.07, 6.45) is 3.24. The van der Waals surface area contributed by atoms with Crippen LogP contribution < -0.4 is 5.73 Å². The predicted octanol–water partition coefficient (Wildman–Crippen LogP) is 1.74. The van der Waals surface area contributed by atoms with E-state index in [4.69, 9.17) is 19.6 Å². The third-order valence-corrected chi connectivity index (χ3v) is 3.72. The number of allylic oxidation sites excluding steroid dienone is 2. The molecule has 0 aromatic carbocycles. The first-order valence-electron chi connectivity index (χ1n) is 6.69. The Hall–Kier alpha value is -2.50. The first kappa shape index (κ1) is 13.5. The predicted molar refractivity (Wildman–Crippen MR) is 71.6 cm³/mol. The van der Waals surface area contributed by atoms with Crippen LogP contribution in [0.3, 0.4) is 0 Å². The number of rotatable bonds is 2. The standard InChI is InChI=1S/C15H15NO5/c1-19-15(18)13-12(9-6-3-7-20-9)11-8(17)4-2-5-10(11)21-14(13)16/h3,6-7,12H,2,4-5,16H2,1H3/t12-/m1/s1. The van der Waals surface area contributed by atoms with Crippen LogP contribution in [0.4, 0.5) is 0 Å². The van der Waals surface area contributed by atoms with Gasteiger partial charge < -0.3 is 19.6 Å².